The van der Waals surface area contributed by atoms with Crippen molar-refractivity contribution in [3.05, 3.63) is 28.6 Å². The van der Waals surface area contributed by atoms with Gasteiger partial charge < -0.3 is 0 Å². The Kier molecular flexibility index (Phi) is 3.19. The van der Waals surface area contributed by atoms with Crippen molar-refractivity contribution in [2.75, 3.05) is 0 Å². The van der Waals surface area contributed by atoms with Crippen molar-refractivity contribution in [3.63, 3.8) is 0 Å². The number of nitrogens with zero attached hydrogens (tertiary/aromatic N) is 2. The van der Waals surface area contributed by atoms with E-state index in [9.17, 15) is 4.79 Å². The maximum Gasteiger partial charge on any atom is 0.292 e. The molecule has 2 N–H and O–H groups in total. The number of aromatic amines is 1. The number of hydrazone groups is 1. The third kappa shape index (κ3) is 2.45. The second kappa shape index (κ2) is 4.99. The van der Waals surface area contributed by atoms with Gasteiger partial charge in [0.05, 0.1) is 5.71 Å². The number of rotatable bonds is 2. The zero-order valence-corrected chi connectivity index (χ0v) is 11.1. The molecule has 0 unspecified atom stereocenters. The largest absolute Gasteiger partial charge is 0.292 e. The zero-order valence-electron chi connectivity index (χ0n) is 11.1. The summed E-state index contributed by atoms with van der Waals surface area (Å²) < 4.78 is 0. The lowest BCUT2D eigenvalue weighted by Crippen LogP contribution is -2.21. The van der Waals surface area contributed by atoms with E-state index in [0.717, 1.165) is 49.1 Å². The maximum atomic E-state index is 12.1. The molecule has 1 aromatic heterocycles. The van der Waals surface area contributed by atoms with E-state index in [0.29, 0.717) is 5.69 Å². The Hall–Kier alpha value is -1.91. The van der Waals surface area contributed by atoms with Gasteiger partial charge in [-0.25, -0.2) is 5.43 Å². The lowest BCUT2D eigenvalue weighted by Gasteiger charge is -2.10. The third-order valence-electron chi connectivity index (χ3n) is 3.76. The molecule has 0 aromatic carbocycles. The number of hydrogen-bond acceptors (Lipinski definition) is 3. The Balaban J connectivity index is 1.73. The Bertz CT molecular complexity index is 568. The molecule has 0 aliphatic heterocycles. The van der Waals surface area contributed by atoms with E-state index < -0.39 is 0 Å². The summed E-state index contributed by atoms with van der Waals surface area (Å²) in [5.41, 5.74) is 7.56. The molecular weight excluding hydrogens is 240 g/mol. The van der Waals surface area contributed by atoms with Gasteiger partial charge in [-0.2, -0.15) is 10.2 Å². The minimum absolute atomic E-state index is 0.204. The van der Waals surface area contributed by atoms with E-state index in [4.69, 9.17) is 0 Å². The second-order valence-corrected chi connectivity index (χ2v) is 5.27. The minimum atomic E-state index is -0.204. The molecule has 0 spiro atoms. The summed E-state index contributed by atoms with van der Waals surface area (Å²) in [5.74, 6) is -0.204. The van der Waals surface area contributed by atoms with Gasteiger partial charge in [-0.05, 0) is 51.5 Å². The van der Waals surface area contributed by atoms with E-state index in [1.165, 1.54) is 12.0 Å². The molecule has 0 radical (unpaired) electrons. The Morgan fingerprint density at radius 1 is 1.32 bits per heavy atom. The van der Waals surface area contributed by atoms with E-state index in [-0.39, 0.29) is 5.91 Å². The van der Waals surface area contributed by atoms with E-state index in [1.807, 2.05) is 6.08 Å². The van der Waals surface area contributed by atoms with Crippen LogP contribution in [0.2, 0.25) is 0 Å². The molecule has 1 amide bonds. The summed E-state index contributed by atoms with van der Waals surface area (Å²) in [6, 6.07) is 0. The van der Waals surface area contributed by atoms with Crippen molar-refractivity contribution in [2.45, 2.75) is 45.4 Å². The average Bonchev–Trinajstić information content (AvgIpc) is 3.02. The lowest BCUT2D eigenvalue weighted by atomic mass is 9.96. The van der Waals surface area contributed by atoms with Gasteiger partial charge in [0.15, 0.2) is 5.69 Å². The van der Waals surface area contributed by atoms with Gasteiger partial charge in [-0.3, -0.25) is 9.89 Å². The van der Waals surface area contributed by atoms with Gasteiger partial charge in [0.25, 0.3) is 5.91 Å². The average molecular weight is 258 g/mol. The van der Waals surface area contributed by atoms with Crippen LogP contribution in [0.15, 0.2) is 16.8 Å². The minimum Gasteiger partial charge on any atom is -0.281 e. The highest BCUT2D eigenvalue weighted by Gasteiger charge is 2.21. The zero-order chi connectivity index (χ0) is 13.2. The molecule has 0 saturated heterocycles. The van der Waals surface area contributed by atoms with Crippen LogP contribution in [0.4, 0.5) is 0 Å². The van der Waals surface area contributed by atoms with Crippen LogP contribution >= 0.6 is 0 Å². The van der Waals surface area contributed by atoms with Crippen LogP contribution in [-0.2, 0) is 12.8 Å². The number of allylic oxidation sites excluding steroid dienone is 2. The number of carbonyl (C=O) groups excluding carboxylic acids is 1. The first kappa shape index (κ1) is 12.1. The van der Waals surface area contributed by atoms with Crippen LogP contribution in [0.5, 0.6) is 0 Å². The van der Waals surface area contributed by atoms with Gasteiger partial charge in [0, 0.05) is 11.3 Å². The fraction of sp³-hybridized carbons (Fsp3) is 0.500. The fourth-order valence-corrected chi connectivity index (χ4v) is 2.69. The molecule has 0 fully saturated rings. The topological polar surface area (TPSA) is 70.1 Å². The van der Waals surface area contributed by atoms with Gasteiger partial charge in [0.1, 0.15) is 0 Å². The quantitative estimate of drug-likeness (QED) is 0.798. The van der Waals surface area contributed by atoms with Gasteiger partial charge in [-0.15, -0.1) is 0 Å². The number of carbonyl (C=O) groups is 1. The third-order valence-corrected chi connectivity index (χ3v) is 3.76. The van der Waals surface area contributed by atoms with Crippen molar-refractivity contribution in [3.8, 4) is 0 Å². The highest BCUT2D eigenvalue weighted by atomic mass is 16.2. The molecule has 100 valence electrons. The first-order valence-electron chi connectivity index (χ1n) is 6.84. The van der Waals surface area contributed by atoms with Crippen LogP contribution in [0.25, 0.3) is 0 Å². The Morgan fingerprint density at radius 2 is 2.16 bits per heavy atom. The van der Waals surface area contributed by atoms with Crippen molar-refractivity contribution in [2.24, 2.45) is 5.10 Å². The van der Waals surface area contributed by atoms with Gasteiger partial charge in [-0.1, -0.05) is 5.57 Å². The molecule has 1 aromatic rings. The summed E-state index contributed by atoms with van der Waals surface area (Å²) in [6.07, 6.45) is 8.19. The number of amides is 1. The van der Waals surface area contributed by atoms with E-state index in [1.54, 1.807) is 0 Å². The second-order valence-electron chi connectivity index (χ2n) is 5.27. The van der Waals surface area contributed by atoms with Gasteiger partial charge >= 0.3 is 0 Å². The molecule has 1 heterocycles. The number of aromatic nitrogens is 2. The number of fused-ring (bicyclic) bond motifs is 1. The number of hydrogen-bond donors (Lipinski definition) is 2. The van der Waals surface area contributed by atoms with Crippen LogP contribution in [0, 0.1) is 0 Å². The molecule has 0 atom stereocenters. The number of nitrogens with one attached hydrogen (secondary N) is 2. The first-order chi connectivity index (χ1) is 9.24. The van der Waals surface area contributed by atoms with Gasteiger partial charge in [0.2, 0.25) is 0 Å². The van der Waals surface area contributed by atoms with Crippen LogP contribution in [0.1, 0.15) is 54.4 Å². The summed E-state index contributed by atoms with van der Waals surface area (Å²) in [4.78, 5) is 12.1. The van der Waals surface area contributed by atoms with Crippen LogP contribution in [0.3, 0.4) is 0 Å². The molecule has 5 nitrogen and oxygen atoms in total. The Labute approximate surface area is 112 Å². The molecular formula is C14H18N4O. The van der Waals surface area contributed by atoms with Crippen molar-refractivity contribution in [1.29, 1.82) is 0 Å². The monoisotopic (exact) mass is 258 g/mol. The normalized spacial score (nSPS) is 20.3. The molecule has 3 rings (SSSR count). The highest BCUT2D eigenvalue weighted by molar-refractivity contribution is 6.00. The highest BCUT2D eigenvalue weighted by Crippen LogP contribution is 2.22. The van der Waals surface area contributed by atoms with Crippen molar-refractivity contribution in [1.82, 2.24) is 15.6 Å². The maximum absolute atomic E-state index is 12.1. The van der Waals surface area contributed by atoms with Crippen LogP contribution in [-0.4, -0.2) is 21.8 Å². The van der Waals surface area contributed by atoms with Crippen molar-refractivity contribution >= 4 is 11.6 Å². The SMILES string of the molecule is CC1=C/C(=N/NC(=O)c2n[nH]c3c2CCCC3)CC1. The van der Waals surface area contributed by atoms with E-state index in [2.05, 4.69) is 27.6 Å². The molecule has 0 saturated carbocycles. The number of aryl methyl sites for hydroxylation is 1. The van der Waals surface area contributed by atoms with Crippen LogP contribution < -0.4 is 5.43 Å². The molecule has 5 heteroatoms. The molecule has 2 aliphatic carbocycles. The summed E-state index contributed by atoms with van der Waals surface area (Å²) in [7, 11) is 0. The Morgan fingerprint density at radius 3 is 2.95 bits per heavy atom. The summed E-state index contributed by atoms with van der Waals surface area (Å²) in [5, 5.41) is 11.3. The van der Waals surface area contributed by atoms with Crippen molar-refractivity contribution < 1.29 is 4.79 Å². The lowest BCUT2D eigenvalue weighted by molar-refractivity contribution is 0.0948. The molecule has 19 heavy (non-hydrogen) atoms. The van der Waals surface area contributed by atoms with E-state index >= 15 is 0 Å². The number of H-pyrrole nitrogens is 1. The first-order valence-corrected chi connectivity index (χ1v) is 6.84. The fourth-order valence-electron chi connectivity index (χ4n) is 2.69. The standard InChI is InChI=1S/C14H18N4O/c1-9-6-7-10(8-9)15-18-14(19)13-11-4-2-3-5-12(11)16-17-13/h8H,2-7H2,1H3,(H,16,17)(H,18,19)/b15-10+. The molecule has 0 bridgehead atoms. The molecule has 2 aliphatic rings. The summed E-state index contributed by atoms with van der Waals surface area (Å²) >= 11 is 0. The summed E-state index contributed by atoms with van der Waals surface area (Å²) in [6.45, 7) is 2.08. The predicted molar refractivity (Wildman–Crippen MR) is 73.1 cm³/mol. The smallest absolute Gasteiger partial charge is 0.281 e. The predicted octanol–water partition coefficient (Wildman–Crippen LogP) is 2.11.